The average Bonchev–Trinajstić information content (AvgIpc) is 2.09. The van der Waals surface area contributed by atoms with Crippen molar-refractivity contribution in [1.82, 2.24) is 0 Å². The van der Waals surface area contributed by atoms with Gasteiger partial charge in [0.1, 0.15) is 6.10 Å². The van der Waals surface area contributed by atoms with Gasteiger partial charge in [-0.3, -0.25) is 4.79 Å². The first-order chi connectivity index (χ1) is 6.24. The number of rotatable bonds is 3. The molecule has 1 saturated carbocycles. The zero-order chi connectivity index (χ0) is 9.68. The molecule has 0 unspecified atom stereocenters. The lowest BCUT2D eigenvalue weighted by Crippen LogP contribution is -2.28. The van der Waals surface area contributed by atoms with Crippen LogP contribution < -0.4 is 0 Å². The second-order valence-corrected chi connectivity index (χ2v) is 4.04. The fourth-order valence-corrected chi connectivity index (χ4v) is 1.89. The van der Waals surface area contributed by atoms with E-state index in [1.807, 2.05) is 6.92 Å². The van der Waals surface area contributed by atoms with Crippen molar-refractivity contribution in [1.29, 1.82) is 0 Å². The second-order valence-electron chi connectivity index (χ2n) is 4.04. The monoisotopic (exact) mass is 184 g/mol. The molecule has 0 aromatic heterocycles. The van der Waals surface area contributed by atoms with Crippen LogP contribution in [0.15, 0.2) is 0 Å². The summed E-state index contributed by atoms with van der Waals surface area (Å²) < 4.78 is 5.41. The van der Waals surface area contributed by atoms with Gasteiger partial charge in [0.05, 0.1) is 0 Å². The first-order valence-corrected chi connectivity index (χ1v) is 5.43. The van der Waals surface area contributed by atoms with Gasteiger partial charge in [-0.2, -0.15) is 0 Å². The summed E-state index contributed by atoms with van der Waals surface area (Å²) in [6.07, 6.45) is 6.45. The summed E-state index contributed by atoms with van der Waals surface area (Å²) in [5.74, 6) is 0.552. The molecule has 76 valence electrons. The predicted octanol–water partition coefficient (Wildman–Crippen LogP) is 2.91. The second kappa shape index (κ2) is 5.25. The smallest absolute Gasteiger partial charge is 0.306 e. The average molecular weight is 184 g/mol. The molecular weight excluding hydrogens is 164 g/mol. The first-order valence-electron chi connectivity index (χ1n) is 5.43. The number of esters is 1. The quantitative estimate of drug-likeness (QED) is 0.630. The van der Waals surface area contributed by atoms with Crippen LogP contribution in [0.2, 0.25) is 0 Å². The van der Waals surface area contributed by atoms with E-state index in [-0.39, 0.29) is 12.1 Å². The minimum atomic E-state index is -0.0127. The van der Waals surface area contributed by atoms with Crippen molar-refractivity contribution in [2.75, 3.05) is 0 Å². The van der Waals surface area contributed by atoms with Gasteiger partial charge in [0.15, 0.2) is 0 Å². The Morgan fingerprint density at radius 2 is 2.08 bits per heavy atom. The summed E-state index contributed by atoms with van der Waals surface area (Å²) in [6, 6.07) is 0. The lowest BCUT2D eigenvalue weighted by Gasteiger charge is -2.28. The standard InChI is InChI=1S/C11H20O2/c1-3-6-11(12)13-10-8-5-4-7-9(10)2/h9-10H,3-8H2,1-2H3/t9-,10-/m1/s1. The third kappa shape index (κ3) is 3.37. The Bertz CT molecular complexity index is 165. The third-order valence-corrected chi connectivity index (χ3v) is 2.77. The van der Waals surface area contributed by atoms with Crippen LogP contribution in [0.3, 0.4) is 0 Å². The molecule has 0 aliphatic heterocycles. The van der Waals surface area contributed by atoms with Crippen molar-refractivity contribution in [3.05, 3.63) is 0 Å². The molecule has 0 aromatic rings. The topological polar surface area (TPSA) is 26.3 Å². The number of ether oxygens (including phenoxy) is 1. The molecule has 0 heterocycles. The minimum Gasteiger partial charge on any atom is -0.462 e. The van der Waals surface area contributed by atoms with Gasteiger partial charge < -0.3 is 4.74 Å². The van der Waals surface area contributed by atoms with E-state index in [4.69, 9.17) is 4.74 Å². The van der Waals surface area contributed by atoms with Crippen molar-refractivity contribution >= 4 is 5.97 Å². The molecule has 0 aromatic carbocycles. The van der Waals surface area contributed by atoms with Crippen LogP contribution in [0.25, 0.3) is 0 Å². The lowest BCUT2D eigenvalue weighted by molar-refractivity contribution is -0.153. The zero-order valence-electron chi connectivity index (χ0n) is 8.71. The van der Waals surface area contributed by atoms with E-state index in [9.17, 15) is 4.79 Å². The van der Waals surface area contributed by atoms with E-state index in [2.05, 4.69) is 6.92 Å². The maximum Gasteiger partial charge on any atom is 0.306 e. The van der Waals surface area contributed by atoms with Gasteiger partial charge >= 0.3 is 5.97 Å². The maximum absolute atomic E-state index is 11.2. The highest BCUT2D eigenvalue weighted by molar-refractivity contribution is 5.69. The van der Waals surface area contributed by atoms with Crippen LogP contribution >= 0.6 is 0 Å². The number of hydrogen-bond donors (Lipinski definition) is 0. The molecule has 2 nitrogen and oxygen atoms in total. The molecule has 13 heavy (non-hydrogen) atoms. The fraction of sp³-hybridized carbons (Fsp3) is 0.909. The van der Waals surface area contributed by atoms with Crippen molar-refractivity contribution < 1.29 is 9.53 Å². The fourth-order valence-electron chi connectivity index (χ4n) is 1.89. The normalized spacial score (nSPS) is 28.5. The highest BCUT2D eigenvalue weighted by atomic mass is 16.5. The Labute approximate surface area is 80.7 Å². The Morgan fingerprint density at radius 3 is 2.69 bits per heavy atom. The van der Waals surface area contributed by atoms with Crippen LogP contribution in [-0.2, 0) is 9.53 Å². The van der Waals surface area contributed by atoms with Crippen LogP contribution in [-0.4, -0.2) is 12.1 Å². The van der Waals surface area contributed by atoms with Crippen molar-refractivity contribution in [2.24, 2.45) is 5.92 Å². The molecule has 1 aliphatic rings. The van der Waals surface area contributed by atoms with E-state index in [0.717, 1.165) is 12.8 Å². The van der Waals surface area contributed by atoms with E-state index >= 15 is 0 Å². The minimum absolute atomic E-state index is 0.0127. The van der Waals surface area contributed by atoms with E-state index in [1.54, 1.807) is 0 Å². The summed E-state index contributed by atoms with van der Waals surface area (Å²) in [7, 11) is 0. The van der Waals surface area contributed by atoms with E-state index in [1.165, 1.54) is 19.3 Å². The van der Waals surface area contributed by atoms with Crippen LogP contribution in [0.1, 0.15) is 52.4 Å². The highest BCUT2D eigenvalue weighted by Gasteiger charge is 2.24. The SMILES string of the molecule is CCCC(=O)O[C@@H]1CCCC[C@H]1C. The Hall–Kier alpha value is -0.530. The summed E-state index contributed by atoms with van der Waals surface area (Å²) in [6.45, 7) is 4.19. The molecular formula is C11H20O2. The summed E-state index contributed by atoms with van der Waals surface area (Å²) in [5.41, 5.74) is 0. The number of carbonyl (C=O) groups excluding carboxylic acids is 1. The van der Waals surface area contributed by atoms with Crippen molar-refractivity contribution in [3.63, 3.8) is 0 Å². The number of hydrogen-bond acceptors (Lipinski definition) is 2. The Morgan fingerprint density at radius 1 is 1.38 bits per heavy atom. The van der Waals surface area contributed by atoms with Crippen LogP contribution in [0, 0.1) is 5.92 Å². The predicted molar refractivity (Wildman–Crippen MR) is 52.4 cm³/mol. The molecule has 0 radical (unpaired) electrons. The molecule has 1 aliphatic carbocycles. The Kier molecular flexibility index (Phi) is 4.26. The van der Waals surface area contributed by atoms with Crippen LogP contribution in [0.4, 0.5) is 0 Å². The van der Waals surface area contributed by atoms with Gasteiger partial charge in [-0.1, -0.05) is 20.3 Å². The zero-order valence-corrected chi connectivity index (χ0v) is 8.71. The molecule has 1 fully saturated rings. The molecule has 0 amide bonds. The van der Waals surface area contributed by atoms with Gasteiger partial charge in [0.25, 0.3) is 0 Å². The molecule has 2 atom stereocenters. The van der Waals surface area contributed by atoms with E-state index in [0.29, 0.717) is 12.3 Å². The third-order valence-electron chi connectivity index (χ3n) is 2.77. The molecule has 0 N–H and O–H groups in total. The summed E-state index contributed by atoms with van der Waals surface area (Å²) in [5, 5.41) is 0. The largest absolute Gasteiger partial charge is 0.462 e. The molecule has 0 saturated heterocycles. The highest BCUT2D eigenvalue weighted by Crippen LogP contribution is 2.26. The number of carbonyl (C=O) groups is 1. The van der Waals surface area contributed by atoms with Gasteiger partial charge in [-0.25, -0.2) is 0 Å². The first kappa shape index (κ1) is 10.6. The van der Waals surface area contributed by atoms with Crippen molar-refractivity contribution in [2.45, 2.75) is 58.5 Å². The van der Waals surface area contributed by atoms with Crippen molar-refractivity contribution in [3.8, 4) is 0 Å². The van der Waals surface area contributed by atoms with Gasteiger partial charge in [-0.15, -0.1) is 0 Å². The Balaban J connectivity index is 2.29. The summed E-state index contributed by atoms with van der Waals surface area (Å²) >= 11 is 0. The molecule has 2 heteroatoms. The van der Waals surface area contributed by atoms with Gasteiger partial charge in [0, 0.05) is 6.42 Å². The van der Waals surface area contributed by atoms with Gasteiger partial charge in [-0.05, 0) is 31.6 Å². The van der Waals surface area contributed by atoms with E-state index < -0.39 is 0 Å². The molecule has 1 rings (SSSR count). The molecule has 0 spiro atoms. The lowest BCUT2D eigenvalue weighted by atomic mass is 9.88. The molecule has 0 bridgehead atoms. The van der Waals surface area contributed by atoms with Crippen LogP contribution in [0.5, 0.6) is 0 Å². The summed E-state index contributed by atoms with van der Waals surface area (Å²) in [4.78, 5) is 11.2. The maximum atomic E-state index is 11.2. The van der Waals surface area contributed by atoms with Gasteiger partial charge in [0.2, 0.25) is 0 Å².